The maximum atomic E-state index is 9.04. The predicted molar refractivity (Wildman–Crippen MR) is 48.8 cm³/mol. The van der Waals surface area contributed by atoms with Crippen LogP contribution in [0.4, 0.5) is 0 Å². The number of aliphatic hydroxyl groups is 2. The molecule has 0 radical (unpaired) electrons. The Balaban J connectivity index is 3.12. The second-order valence-corrected chi connectivity index (χ2v) is 3.27. The van der Waals surface area contributed by atoms with Crippen molar-refractivity contribution in [3.05, 3.63) is 29.6 Å². The zero-order chi connectivity index (χ0) is 9.90. The number of aromatic nitrogens is 1. The summed E-state index contributed by atoms with van der Waals surface area (Å²) in [6.07, 6.45) is 3.14. The van der Waals surface area contributed by atoms with Crippen LogP contribution in [-0.4, -0.2) is 21.8 Å². The highest BCUT2D eigenvalue weighted by Crippen LogP contribution is 2.20. The van der Waals surface area contributed by atoms with E-state index >= 15 is 0 Å². The minimum atomic E-state index is -0.818. The van der Waals surface area contributed by atoms with Crippen LogP contribution in [0.2, 0.25) is 0 Å². The molecular formula is C9H14N2O2. The van der Waals surface area contributed by atoms with Gasteiger partial charge in [0.1, 0.15) is 0 Å². The van der Waals surface area contributed by atoms with Crippen LogP contribution in [0.25, 0.3) is 0 Å². The Kier molecular flexibility index (Phi) is 2.98. The smallest absolute Gasteiger partial charge is 0.0700 e. The third kappa shape index (κ3) is 2.03. The van der Waals surface area contributed by atoms with E-state index in [1.807, 2.05) is 0 Å². The lowest BCUT2D eigenvalue weighted by molar-refractivity contribution is 0.205. The van der Waals surface area contributed by atoms with Gasteiger partial charge in [-0.2, -0.15) is 0 Å². The van der Waals surface area contributed by atoms with Gasteiger partial charge in [0.2, 0.25) is 0 Å². The van der Waals surface area contributed by atoms with E-state index in [-0.39, 0.29) is 13.2 Å². The minimum Gasteiger partial charge on any atom is -0.394 e. The third-order valence-corrected chi connectivity index (χ3v) is 2.02. The summed E-state index contributed by atoms with van der Waals surface area (Å²) < 4.78 is 0. The van der Waals surface area contributed by atoms with Gasteiger partial charge < -0.3 is 15.9 Å². The number of pyridine rings is 1. The SMILES string of the molecule is CC(N)(CO)c1ccncc1CO. The molecule has 0 aliphatic heterocycles. The fourth-order valence-corrected chi connectivity index (χ4v) is 1.20. The average Bonchev–Trinajstić information content (AvgIpc) is 2.18. The molecule has 0 amide bonds. The van der Waals surface area contributed by atoms with Crippen LogP contribution >= 0.6 is 0 Å². The first-order valence-corrected chi connectivity index (χ1v) is 4.06. The minimum absolute atomic E-state index is 0.115. The molecule has 4 heteroatoms. The van der Waals surface area contributed by atoms with Crippen molar-refractivity contribution in [2.24, 2.45) is 5.73 Å². The Bertz CT molecular complexity index is 287. The van der Waals surface area contributed by atoms with Gasteiger partial charge in [0, 0.05) is 18.0 Å². The van der Waals surface area contributed by atoms with E-state index in [0.29, 0.717) is 5.56 Å². The number of aliphatic hydroxyl groups excluding tert-OH is 2. The second kappa shape index (κ2) is 3.83. The van der Waals surface area contributed by atoms with Crippen LogP contribution in [-0.2, 0) is 12.1 Å². The lowest BCUT2D eigenvalue weighted by atomic mass is 9.91. The van der Waals surface area contributed by atoms with Gasteiger partial charge in [-0.1, -0.05) is 0 Å². The number of nitrogens with two attached hydrogens (primary N) is 1. The summed E-state index contributed by atoms with van der Waals surface area (Å²) in [6.45, 7) is 1.43. The van der Waals surface area contributed by atoms with Gasteiger partial charge in [0.15, 0.2) is 0 Å². The molecule has 1 aromatic rings. The summed E-state index contributed by atoms with van der Waals surface area (Å²) in [5.74, 6) is 0. The van der Waals surface area contributed by atoms with E-state index in [1.165, 1.54) is 0 Å². The van der Waals surface area contributed by atoms with Crippen molar-refractivity contribution in [2.75, 3.05) is 6.61 Å². The molecule has 0 spiro atoms. The van der Waals surface area contributed by atoms with E-state index in [9.17, 15) is 0 Å². The normalized spacial score (nSPS) is 15.4. The monoisotopic (exact) mass is 182 g/mol. The first-order chi connectivity index (χ1) is 6.11. The van der Waals surface area contributed by atoms with Gasteiger partial charge in [0.05, 0.1) is 18.8 Å². The fraction of sp³-hybridized carbons (Fsp3) is 0.444. The molecule has 13 heavy (non-hydrogen) atoms. The Hall–Kier alpha value is -0.970. The summed E-state index contributed by atoms with van der Waals surface area (Å²) >= 11 is 0. The van der Waals surface area contributed by atoms with E-state index in [2.05, 4.69) is 4.98 Å². The van der Waals surface area contributed by atoms with E-state index < -0.39 is 5.54 Å². The Morgan fingerprint density at radius 1 is 1.54 bits per heavy atom. The fourth-order valence-electron chi connectivity index (χ4n) is 1.20. The van der Waals surface area contributed by atoms with Gasteiger partial charge in [0.25, 0.3) is 0 Å². The predicted octanol–water partition coefficient (Wildman–Crippen LogP) is -0.260. The molecular weight excluding hydrogens is 168 g/mol. The Labute approximate surface area is 77.0 Å². The topological polar surface area (TPSA) is 79.4 Å². The van der Waals surface area contributed by atoms with Crippen LogP contribution in [0, 0.1) is 0 Å². The molecule has 1 heterocycles. The molecule has 1 aromatic heterocycles. The Morgan fingerprint density at radius 2 is 2.23 bits per heavy atom. The first kappa shape index (κ1) is 10.1. The van der Waals surface area contributed by atoms with E-state index in [4.69, 9.17) is 15.9 Å². The van der Waals surface area contributed by atoms with Crippen LogP contribution < -0.4 is 5.73 Å². The zero-order valence-electron chi connectivity index (χ0n) is 7.57. The summed E-state index contributed by atoms with van der Waals surface area (Å²) in [7, 11) is 0. The van der Waals surface area contributed by atoms with Crippen LogP contribution in [0.15, 0.2) is 18.5 Å². The van der Waals surface area contributed by atoms with Crippen molar-refractivity contribution in [3.8, 4) is 0 Å². The zero-order valence-corrected chi connectivity index (χ0v) is 7.57. The Morgan fingerprint density at radius 3 is 2.77 bits per heavy atom. The lowest BCUT2D eigenvalue weighted by Gasteiger charge is -2.24. The molecule has 0 saturated heterocycles. The summed E-state index contributed by atoms with van der Waals surface area (Å²) in [6, 6.07) is 1.71. The van der Waals surface area contributed by atoms with Gasteiger partial charge in [-0.15, -0.1) is 0 Å². The molecule has 0 aliphatic rings. The first-order valence-electron chi connectivity index (χ1n) is 4.06. The highest BCUT2D eigenvalue weighted by atomic mass is 16.3. The summed E-state index contributed by atoms with van der Waals surface area (Å²) in [4.78, 5) is 3.87. The van der Waals surface area contributed by atoms with E-state index in [1.54, 1.807) is 25.4 Å². The quantitative estimate of drug-likeness (QED) is 0.601. The molecule has 0 aromatic carbocycles. The van der Waals surface area contributed by atoms with Crippen molar-refractivity contribution in [3.63, 3.8) is 0 Å². The van der Waals surface area contributed by atoms with Gasteiger partial charge in [-0.3, -0.25) is 4.98 Å². The van der Waals surface area contributed by atoms with Crippen molar-refractivity contribution in [1.82, 2.24) is 4.98 Å². The molecule has 1 atom stereocenters. The van der Waals surface area contributed by atoms with Crippen molar-refractivity contribution in [2.45, 2.75) is 19.1 Å². The maximum Gasteiger partial charge on any atom is 0.0700 e. The molecule has 4 nitrogen and oxygen atoms in total. The second-order valence-electron chi connectivity index (χ2n) is 3.27. The van der Waals surface area contributed by atoms with Crippen molar-refractivity contribution >= 4 is 0 Å². The lowest BCUT2D eigenvalue weighted by Crippen LogP contribution is -2.38. The standard InChI is InChI=1S/C9H14N2O2/c1-9(10,6-13)8-2-3-11-4-7(8)5-12/h2-4,12-13H,5-6,10H2,1H3. The van der Waals surface area contributed by atoms with Crippen molar-refractivity contribution < 1.29 is 10.2 Å². The highest BCUT2D eigenvalue weighted by molar-refractivity contribution is 5.29. The molecule has 72 valence electrons. The van der Waals surface area contributed by atoms with E-state index in [0.717, 1.165) is 5.56 Å². The number of hydrogen-bond acceptors (Lipinski definition) is 4. The molecule has 0 aliphatic carbocycles. The van der Waals surface area contributed by atoms with Crippen LogP contribution in [0.1, 0.15) is 18.1 Å². The molecule has 0 bridgehead atoms. The van der Waals surface area contributed by atoms with Gasteiger partial charge in [-0.05, 0) is 18.6 Å². The molecule has 0 fully saturated rings. The molecule has 4 N–H and O–H groups in total. The van der Waals surface area contributed by atoms with Gasteiger partial charge in [-0.25, -0.2) is 0 Å². The molecule has 1 unspecified atom stereocenters. The average molecular weight is 182 g/mol. The van der Waals surface area contributed by atoms with Crippen LogP contribution in [0.5, 0.6) is 0 Å². The van der Waals surface area contributed by atoms with Gasteiger partial charge >= 0.3 is 0 Å². The molecule has 1 rings (SSSR count). The maximum absolute atomic E-state index is 9.04. The number of hydrogen-bond donors (Lipinski definition) is 3. The highest BCUT2D eigenvalue weighted by Gasteiger charge is 2.22. The number of rotatable bonds is 3. The van der Waals surface area contributed by atoms with Crippen LogP contribution in [0.3, 0.4) is 0 Å². The largest absolute Gasteiger partial charge is 0.394 e. The molecule has 0 saturated carbocycles. The van der Waals surface area contributed by atoms with Crippen molar-refractivity contribution in [1.29, 1.82) is 0 Å². The summed E-state index contributed by atoms with van der Waals surface area (Å²) in [5.41, 5.74) is 6.39. The number of nitrogens with zero attached hydrogens (tertiary/aromatic N) is 1. The third-order valence-electron chi connectivity index (χ3n) is 2.02. The summed E-state index contributed by atoms with van der Waals surface area (Å²) in [5, 5.41) is 18.0.